The SMILES string of the molecule is Cc1cnc(C(=O)N2CCN(c3ccc(N4CC(CNC(O)=S)OC4=O)cn3)CC2)cn1. The van der Waals surface area contributed by atoms with Gasteiger partial charge in [0.15, 0.2) is 0 Å². The van der Waals surface area contributed by atoms with Gasteiger partial charge in [0.05, 0.1) is 36.9 Å². The molecule has 0 aliphatic carbocycles. The number of ether oxygens (including phenoxy) is 1. The van der Waals surface area contributed by atoms with Crippen molar-refractivity contribution >= 4 is 40.9 Å². The highest BCUT2D eigenvalue weighted by Gasteiger charge is 2.32. The molecule has 11 nitrogen and oxygen atoms in total. The van der Waals surface area contributed by atoms with E-state index in [1.807, 2.05) is 19.1 Å². The van der Waals surface area contributed by atoms with Crippen molar-refractivity contribution in [3.05, 3.63) is 42.1 Å². The third-order valence-electron chi connectivity index (χ3n) is 5.29. The second-order valence-electron chi connectivity index (χ2n) is 7.50. The van der Waals surface area contributed by atoms with Crippen molar-refractivity contribution in [2.75, 3.05) is 49.1 Å². The van der Waals surface area contributed by atoms with Gasteiger partial charge in [0.25, 0.3) is 11.1 Å². The Morgan fingerprint density at radius 3 is 2.59 bits per heavy atom. The molecule has 0 saturated carbocycles. The van der Waals surface area contributed by atoms with Crippen LogP contribution in [0.5, 0.6) is 0 Å². The molecule has 0 bridgehead atoms. The summed E-state index contributed by atoms with van der Waals surface area (Å²) in [5, 5.41) is 11.3. The van der Waals surface area contributed by atoms with E-state index in [0.29, 0.717) is 44.1 Å². The van der Waals surface area contributed by atoms with Gasteiger partial charge in [-0.3, -0.25) is 14.7 Å². The van der Waals surface area contributed by atoms with Gasteiger partial charge in [-0.1, -0.05) is 0 Å². The Morgan fingerprint density at radius 1 is 1.19 bits per heavy atom. The lowest BCUT2D eigenvalue weighted by molar-refractivity contribution is 0.0740. The summed E-state index contributed by atoms with van der Waals surface area (Å²) in [6.07, 6.45) is 3.83. The van der Waals surface area contributed by atoms with E-state index < -0.39 is 12.2 Å². The summed E-state index contributed by atoms with van der Waals surface area (Å²) in [5.74, 6) is 0.645. The number of aliphatic hydroxyl groups excluding tert-OH is 1. The fourth-order valence-corrected chi connectivity index (χ4v) is 3.65. The van der Waals surface area contributed by atoms with Crippen LogP contribution in [0.2, 0.25) is 0 Å². The molecule has 2 saturated heterocycles. The quantitative estimate of drug-likeness (QED) is 0.626. The smallest absolute Gasteiger partial charge is 0.414 e. The topological polar surface area (TPSA) is 124 Å². The van der Waals surface area contributed by atoms with Crippen molar-refractivity contribution in [3.63, 3.8) is 0 Å². The number of nitrogens with one attached hydrogen (secondary N) is 1. The number of cyclic esters (lactones) is 1. The van der Waals surface area contributed by atoms with Crippen molar-refractivity contribution in [2.45, 2.75) is 13.0 Å². The summed E-state index contributed by atoms with van der Waals surface area (Å²) in [4.78, 5) is 42.9. The number of carbonyl (C=O) groups excluding carboxylic acids is 2. The maximum atomic E-state index is 12.6. The molecule has 32 heavy (non-hydrogen) atoms. The standard InChI is InChI=1S/C20H23N7O4S/c1-13-8-22-16(11-21-13)18(28)26-6-4-25(5-7-26)17-3-2-14(9-23-17)27-12-15(31-20(27)30)10-24-19(29)32/h2-3,8-9,11,15H,4-7,10,12H2,1H3,(H2,24,29,32). The molecule has 4 rings (SSSR count). The van der Waals surface area contributed by atoms with Crippen molar-refractivity contribution in [3.8, 4) is 0 Å². The zero-order valence-corrected chi connectivity index (χ0v) is 18.3. The lowest BCUT2D eigenvalue weighted by Crippen LogP contribution is -2.49. The number of nitrogens with zero attached hydrogens (tertiary/aromatic N) is 6. The number of hydrogen-bond acceptors (Lipinski definition) is 8. The molecule has 2 amide bonds. The normalized spacial score (nSPS) is 18.5. The average molecular weight is 458 g/mol. The van der Waals surface area contributed by atoms with Gasteiger partial charge in [-0.25, -0.2) is 14.8 Å². The third-order valence-corrected chi connectivity index (χ3v) is 5.43. The first-order valence-electron chi connectivity index (χ1n) is 10.1. The van der Waals surface area contributed by atoms with E-state index in [-0.39, 0.29) is 17.6 Å². The Balaban J connectivity index is 1.32. The Morgan fingerprint density at radius 2 is 1.97 bits per heavy atom. The van der Waals surface area contributed by atoms with E-state index in [4.69, 9.17) is 9.84 Å². The molecule has 2 aliphatic rings. The van der Waals surface area contributed by atoms with Gasteiger partial charge < -0.3 is 25.0 Å². The van der Waals surface area contributed by atoms with E-state index in [9.17, 15) is 9.59 Å². The minimum absolute atomic E-state index is 0.126. The van der Waals surface area contributed by atoms with E-state index >= 15 is 0 Å². The molecule has 168 valence electrons. The molecule has 0 spiro atoms. The fraction of sp³-hybridized carbons (Fsp3) is 0.400. The van der Waals surface area contributed by atoms with Gasteiger partial charge in [0, 0.05) is 32.4 Å². The number of piperazine rings is 1. The summed E-state index contributed by atoms with van der Waals surface area (Å²) < 4.78 is 5.27. The zero-order valence-electron chi connectivity index (χ0n) is 17.5. The van der Waals surface area contributed by atoms with Crippen molar-refractivity contribution in [1.29, 1.82) is 0 Å². The zero-order chi connectivity index (χ0) is 22.7. The van der Waals surface area contributed by atoms with E-state index in [1.54, 1.807) is 17.3 Å². The van der Waals surface area contributed by atoms with Gasteiger partial charge in [-0.05, 0) is 31.3 Å². The second-order valence-corrected chi connectivity index (χ2v) is 7.89. The van der Waals surface area contributed by atoms with Gasteiger partial charge in [-0.15, -0.1) is 0 Å². The second kappa shape index (κ2) is 9.30. The van der Waals surface area contributed by atoms with Gasteiger partial charge in [-0.2, -0.15) is 0 Å². The number of amides is 2. The number of anilines is 2. The molecule has 12 heteroatoms. The maximum absolute atomic E-state index is 12.6. The molecule has 0 aromatic carbocycles. The molecule has 4 heterocycles. The first-order chi connectivity index (χ1) is 15.4. The average Bonchev–Trinajstić information content (AvgIpc) is 3.18. The van der Waals surface area contributed by atoms with Crippen molar-refractivity contribution in [1.82, 2.24) is 25.2 Å². The number of aryl methyl sites for hydroxylation is 1. The van der Waals surface area contributed by atoms with Gasteiger partial charge in [0.1, 0.15) is 17.6 Å². The van der Waals surface area contributed by atoms with E-state index in [1.165, 1.54) is 11.1 Å². The first-order valence-corrected chi connectivity index (χ1v) is 10.6. The summed E-state index contributed by atoms with van der Waals surface area (Å²) in [7, 11) is 0. The monoisotopic (exact) mass is 457 g/mol. The van der Waals surface area contributed by atoms with E-state index in [2.05, 4.69) is 37.4 Å². The van der Waals surface area contributed by atoms with Crippen LogP contribution in [0.3, 0.4) is 0 Å². The Kier molecular flexibility index (Phi) is 6.30. The molecular weight excluding hydrogens is 434 g/mol. The van der Waals surface area contributed by atoms with Crippen LogP contribution in [0, 0.1) is 6.92 Å². The highest BCUT2D eigenvalue weighted by molar-refractivity contribution is 7.79. The Hall–Kier alpha value is -3.54. The van der Waals surface area contributed by atoms with Crippen LogP contribution < -0.4 is 15.1 Å². The van der Waals surface area contributed by atoms with Crippen LogP contribution in [0.1, 0.15) is 16.2 Å². The molecule has 1 atom stereocenters. The first kappa shape index (κ1) is 21.7. The number of rotatable bonds is 5. The van der Waals surface area contributed by atoms with Crippen LogP contribution in [0.4, 0.5) is 16.3 Å². The molecule has 0 radical (unpaired) electrons. The number of aromatic nitrogens is 3. The number of carbonyl (C=O) groups is 2. The van der Waals surface area contributed by atoms with Crippen LogP contribution >= 0.6 is 12.2 Å². The molecule has 2 N–H and O–H groups in total. The number of pyridine rings is 1. The highest BCUT2D eigenvalue weighted by Crippen LogP contribution is 2.23. The van der Waals surface area contributed by atoms with Crippen LogP contribution in [0.15, 0.2) is 30.7 Å². The summed E-state index contributed by atoms with van der Waals surface area (Å²) in [5.41, 5.74) is 1.74. The van der Waals surface area contributed by atoms with E-state index in [0.717, 1.165) is 11.5 Å². The molecule has 2 aromatic heterocycles. The number of aliphatic hydroxyl groups is 1. The highest BCUT2D eigenvalue weighted by atomic mass is 32.1. The summed E-state index contributed by atoms with van der Waals surface area (Å²) in [6, 6.07) is 3.66. The lowest BCUT2D eigenvalue weighted by atomic mass is 10.2. The van der Waals surface area contributed by atoms with Crippen LogP contribution in [-0.4, -0.2) is 87.5 Å². The number of hydrogen-bond donors (Lipinski definition) is 2. The van der Waals surface area contributed by atoms with Crippen molar-refractivity contribution < 1.29 is 19.4 Å². The third kappa shape index (κ3) is 4.85. The number of thiocarbonyl (C=S) groups is 1. The molecule has 2 aliphatic heterocycles. The Bertz CT molecular complexity index is 994. The van der Waals surface area contributed by atoms with Gasteiger partial charge in [0.2, 0.25) is 0 Å². The summed E-state index contributed by atoms with van der Waals surface area (Å²) in [6.45, 7) is 4.78. The minimum Gasteiger partial charge on any atom is -0.487 e. The maximum Gasteiger partial charge on any atom is 0.414 e. The molecule has 2 fully saturated rings. The predicted molar refractivity (Wildman–Crippen MR) is 120 cm³/mol. The minimum atomic E-state index is -0.471. The van der Waals surface area contributed by atoms with Gasteiger partial charge >= 0.3 is 6.09 Å². The Labute approximate surface area is 190 Å². The fourth-order valence-electron chi connectivity index (χ4n) is 3.57. The lowest BCUT2D eigenvalue weighted by Gasteiger charge is -2.35. The molecule has 1 unspecified atom stereocenters. The molecular formula is C20H23N7O4S. The summed E-state index contributed by atoms with van der Waals surface area (Å²) >= 11 is 4.56. The predicted octanol–water partition coefficient (Wildman–Crippen LogP) is 0.900. The van der Waals surface area contributed by atoms with Crippen LogP contribution in [0.25, 0.3) is 0 Å². The molecule has 2 aromatic rings. The largest absolute Gasteiger partial charge is 0.487 e. The van der Waals surface area contributed by atoms with Crippen molar-refractivity contribution in [2.24, 2.45) is 0 Å². The van der Waals surface area contributed by atoms with Crippen LogP contribution in [-0.2, 0) is 4.74 Å².